The zero-order valence-electron chi connectivity index (χ0n) is 14.4. The molecule has 0 aliphatic rings. The summed E-state index contributed by atoms with van der Waals surface area (Å²) in [7, 11) is 0. The van der Waals surface area contributed by atoms with E-state index in [1.807, 2.05) is 60.7 Å². The molecule has 136 valence electrons. The number of benzene rings is 3. The van der Waals surface area contributed by atoms with E-state index in [9.17, 15) is 10.4 Å². The number of para-hydroxylation sites is 2. The van der Waals surface area contributed by atoms with Crippen molar-refractivity contribution < 1.29 is 10.4 Å². The number of hydrogen-bond donors (Lipinski definition) is 4. The molecule has 0 aliphatic heterocycles. The molecule has 7 nitrogen and oxygen atoms in total. The van der Waals surface area contributed by atoms with Gasteiger partial charge in [-0.25, -0.2) is 5.21 Å². The van der Waals surface area contributed by atoms with Crippen molar-refractivity contribution in [1.29, 1.82) is 0 Å². The van der Waals surface area contributed by atoms with Gasteiger partial charge in [-0.2, -0.15) is 15.4 Å². The maximum atomic E-state index is 11.6. The van der Waals surface area contributed by atoms with E-state index in [2.05, 4.69) is 21.1 Å². The van der Waals surface area contributed by atoms with Crippen molar-refractivity contribution >= 4 is 29.5 Å². The van der Waals surface area contributed by atoms with E-state index in [0.717, 1.165) is 11.4 Å². The van der Waals surface area contributed by atoms with Crippen molar-refractivity contribution in [3.63, 3.8) is 0 Å². The van der Waals surface area contributed by atoms with E-state index < -0.39 is 5.23 Å². The van der Waals surface area contributed by atoms with Crippen LogP contribution in [0.4, 0.5) is 17.1 Å². The Morgan fingerprint density at radius 2 is 1.33 bits per heavy atom. The summed E-state index contributed by atoms with van der Waals surface area (Å²) in [4.78, 5) is 0. The van der Waals surface area contributed by atoms with Crippen molar-refractivity contribution in [3.8, 4) is 0 Å². The maximum absolute atomic E-state index is 11.6. The predicted octanol–water partition coefficient (Wildman–Crippen LogP) is 2.98. The van der Waals surface area contributed by atoms with Crippen molar-refractivity contribution in [2.75, 3.05) is 10.9 Å². The fraction of sp³-hybridized carbons (Fsp3) is 0. The van der Waals surface area contributed by atoms with Gasteiger partial charge in [-0.1, -0.05) is 42.5 Å². The van der Waals surface area contributed by atoms with Crippen LogP contribution in [0.5, 0.6) is 0 Å². The molecule has 0 amide bonds. The lowest BCUT2D eigenvalue weighted by atomic mass is 10.1. The largest absolute Gasteiger partial charge is 0.595 e. The Kier molecular flexibility index (Phi) is 6.26. The molecule has 4 N–H and O–H groups in total. The lowest BCUT2D eigenvalue weighted by molar-refractivity contribution is -0.991. The van der Waals surface area contributed by atoms with Gasteiger partial charge in [0.05, 0.1) is 29.4 Å². The van der Waals surface area contributed by atoms with E-state index in [4.69, 9.17) is 0 Å². The second-order valence-corrected chi connectivity index (χ2v) is 5.62. The fourth-order valence-electron chi connectivity index (χ4n) is 2.34. The molecule has 0 heterocycles. The highest BCUT2D eigenvalue weighted by Crippen LogP contribution is 2.12. The maximum Gasteiger partial charge on any atom is 0.173 e. The molecule has 0 saturated carbocycles. The number of hydrogen-bond acceptors (Lipinski definition) is 6. The van der Waals surface area contributed by atoms with Gasteiger partial charge in [0.1, 0.15) is 0 Å². The quantitative estimate of drug-likeness (QED) is 0.384. The number of rotatable bonds is 7. The van der Waals surface area contributed by atoms with Crippen LogP contribution in [0.2, 0.25) is 0 Å². The number of anilines is 2. The minimum atomic E-state index is -1.03. The molecule has 0 spiro atoms. The molecule has 27 heavy (non-hydrogen) atoms. The van der Waals surface area contributed by atoms with Crippen LogP contribution < -0.4 is 16.1 Å². The highest BCUT2D eigenvalue weighted by Gasteiger charge is 2.08. The Morgan fingerprint density at radius 3 is 1.89 bits per heavy atom. The Bertz CT molecular complexity index is 912. The molecule has 0 saturated heterocycles. The summed E-state index contributed by atoms with van der Waals surface area (Å²) in [6, 6.07) is 24.0. The summed E-state index contributed by atoms with van der Waals surface area (Å²) >= 11 is 0. The van der Waals surface area contributed by atoms with E-state index in [0.29, 0.717) is 11.1 Å². The van der Waals surface area contributed by atoms with Crippen LogP contribution in [0, 0.1) is 5.21 Å². The van der Waals surface area contributed by atoms with Crippen LogP contribution in [0.1, 0.15) is 11.1 Å². The first-order valence-electron chi connectivity index (χ1n) is 8.28. The van der Waals surface area contributed by atoms with Gasteiger partial charge in [0.25, 0.3) is 0 Å². The monoisotopic (exact) mass is 361 g/mol. The van der Waals surface area contributed by atoms with E-state index in [1.165, 1.54) is 6.21 Å². The van der Waals surface area contributed by atoms with Gasteiger partial charge in [-0.05, 0) is 30.3 Å². The number of nitrogens with one attached hydrogen (secondary N) is 3. The van der Waals surface area contributed by atoms with E-state index >= 15 is 0 Å². The number of quaternary nitrogens is 1. The van der Waals surface area contributed by atoms with Gasteiger partial charge in [-0.15, -0.1) is 0 Å². The molecule has 0 fully saturated rings. The van der Waals surface area contributed by atoms with Crippen molar-refractivity contribution in [3.05, 3.63) is 95.2 Å². The van der Waals surface area contributed by atoms with Crippen LogP contribution in [0.25, 0.3) is 0 Å². The Balaban J connectivity index is 1.70. The highest BCUT2D eigenvalue weighted by atomic mass is 16.8. The van der Waals surface area contributed by atoms with Gasteiger partial charge >= 0.3 is 0 Å². The zero-order valence-corrected chi connectivity index (χ0v) is 14.4. The van der Waals surface area contributed by atoms with Crippen LogP contribution in [-0.4, -0.2) is 17.6 Å². The molecule has 3 aromatic carbocycles. The SMILES string of the molecule is [O-][NH+](O)c1cc(C=NNc2ccccc2)ccc1C=NNc1ccccc1. The Hall–Kier alpha value is -3.52. The molecule has 0 aromatic heterocycles. The van der Waals surface area contributed by atoms with Gasteiger partial charge in [-0.3, -0.25) is 10.9 Å². The van der Waals surface area contributed by atoms with Gasteiger partial charge in [0.2, 0.25) is 0 Å². The third-order valence-corrected chi connectivity index (χ3v) is 3.66. The van der Waals surface area contributed by atoms with Crippen molar-refractivity contribution in [1.82, 2.24) is 0 Å². The molecule has 1 unspecified atom stereocenters. The van der Waals surface area contributed by atoms with E-state index in [1.54, 1.807) is 24.4 Å². The topological polar surface area (TPSA) is 96.5 Å². The van der Waals surface area contributed by atoms with Crippen LogP contribution in [0.3, 0.4) is 0 Å². The summed E-state index contributed by atoms with van der Waals surface area (Å²) in [6.07, 6.45) is 3.06. The third-order valence-electron chi connectivity index (χ3n) is 3.66. The van der Waals surface area contributed by atoms with Crippen molar-refractivity contribution in [2.24, 2.45) is 10.2 Å². The van der Waals surface area contributed by atoms with Crippen LogP contribution in [0.15, 0.2) is 89.1 Å². The molecule has 1 atom stereocenters. The normalized spacial score (nSPS) is 12.4. The lowest BCUT2D eigenvalue weighted by Gasteiger charge is -2.14. The zero-order chi connectivity index (χ0) is 18.9. The molecule has 0 bridgehead atoms. The Morgan fingerprint density at radius 1 is 0.778 bits per heavy atom. The lowest BCUT2D eigenvalue weighted by Crippen LogP contribution is -2.99. The van der Waals surface area contributed by atoms with Crippen molar-refractivity contribution in [2.45, 2.75) is 0 Å². The summed E-state index contributed by atoms with van der Waals surface area (Å²) in [5.74, 6) is 0. The molecule has 3 aromatic rings. The first-order valence-corrected chi connectivity index (χ1v) is 8.28. The molecular formula is C20H19N5O2. The molecule has 0 radical (unpaired) electrons. The van der Waals surface area contributed by atoms with Gasteiger partial charge < -0.3 is 5.21 Å². The predicted molar refractivity (Wildman–Crippen MR) is 108 cm³/mol. The average molecular weight is 361 g/mol. The summed E-state index contributed by atoms with van der Waals surface area (Å²) < 4.78 is 0. The standard InChI is InChI=1S/C20H19N5O2/c26-25(27)20-13-16(14-21-23-18-7-3-1-4-8-18)11-12-17(20)15-22-24-19-9-5-2-6-10-19/h1-15,23-26H. The second-order valence-electron chi connectivity index (χ2n) is 5.62. The highest BCUT2D eigenvalue weighted by molar-refractivity contribution is 5.89. The fourth-order valence-corrected chi connectivity index (χ4v) is 2.34. The molecule has 0 aliphatic carbocycles. The van der Waals surface area contributed by atoms with Crippen LogP contribution >= 0.6 is 0 Å². The molecule has 3 rings (SSSR count). The first-order chi connectivity index (χ1) is 13.2. The summed E-state index contributed by atoms with van der Waals surface area (Å²) in [5, 5.41) is 28.2. The summed E-state index contributed by atoms with van der Waals surface area (Å²) in [6.45, 7) is 0. The minimum Gasteiger partial charge on any atom is -0.595 e. The second kappa shape index (κ2) is 9.25. The summed E-state index contributed by atoms with van der Waals surface area (Å²) in [5.41, 5.74) is 8.75. The average Bonchev–Trinajstić information content (AvgIpc) is 2.70. The van der Waals surface area contributed by atoms with E-state index in [-0.39, 0.29) is 5.69 Å². The number of hydrazone groups is 2. The molecular weight excluding hydrogens is 342 g/mol. The minimum absolute atomic E-state index is 0.150. The van der Waals surface area contributed by atoms with Gasteiger partial charge in [0, 0.05) is 11.6 Å². The smallest absolute Gasteiger partial charge is 0.173 e. The Labute approximate surface area is 156 Å². The van der Waals surface area contributed by atoms with Crippen LogP contribution in [-0.2, 0) is 0 Å². The third kappa shape index (κ3) is 5.48. The molecule has 7 heteroatoms. The first kappa shape index (κ1) is 18.3. The van der Waals surface area contributed by atoms with Gasteiger partial charge in [0.15, 0.2) is 5.69 Å². The number of nitrogens with zero attached hydrogens (tertiary/aromatic N) is 2.